The van der Waals surface area contributed by atoms with Gasteiger partial charge in [0.05, 0.1) is 5.02 Å². The summed E-state index contributed by atoms with van der Waals surface area (Å²) in [5.41, 5.74) is 8.47. The van der Waals surface area contributed by atoms with Crippen LogP contribution in [-0.2, 0) is 0 Å². The number of halogens is 1. The van der Waals surface area contributed by atoms with Crippen LogP contribution in [0.1, 0.15) is 0 Å². The highest BCUT2D eigenvalue weighted by atomic mass is 35.5. The first kappa shape index (κ1) is 30.2. The molecule has 0 saturated heterocycles. The monoisotopic (exact) mass is 685 g/mol. The second-order valence-corrected chi connectivity index (χ2v) is 13.3. The van der Waals surface area contributed by atoms with Crippen molar-refractivity contribution in [1.82, 2.24) is 15.0 Å². The Morgan fingerprint density at radius 3 is 1.75 bits per heavy atom. The van der Waals surface area contributed by atoms with E-state index in [1.165, 1.54) is 16.3 Å². The molecule has 0 atom stereocenters. The van der Waals surface area contributed by atoms with E-state index in [9.17, 15) is 0 Å². The van der Waals surface area contributed by atoms with Gasteiger partial charge < -0.3 is 4.42 Å². The van der Waals surface area contributed by atoms with E-state index in [1.54, 1.807) is 0 Å². The van der Waals surface area contributed by atoms with E-state index >= 15 is 0 Å². The average Bonchev–Trinajstić information content (AvgIpc) is 3.61. The van der Waals surface area contributed by atoms with Crippen LogP contribution in [0.5, 0.6) is 0 Å². The number of fused-ring (bicyclic) bond motifs is 5. The van der Waals surface area contributed by atoms with Crippen LogP contribution in [-0.4, -0.2) is 15.0 Å². The van der Waals surface area contributed by atoms with Crippen LogP contribution in [0, 0.1) is 0 Å². The number of aromatic nitrogens is 3. The quantitative estimate of drug-likeness (QED) is 0.181. The Hall–Kier alpha value is -6.62. The van der Waals surface area contributed by atoms with Crippen molar-refractivity contribution < 1.29 is 4.42 Å². The van der Waals surface area contributed by atoms with Crippen LogP contribution in [0.25, 0.3) is 99.9 Å². The first-order valence-electron chi connectivity index (χ1n) is 17.2. The van der Waals surface area contributed by atoms with E-state index in [0.717, 1.165) is 60.5 Å². The van der Waals surface area contributed by atoms with Gasteiger partial charge in [0.15, 0.2) is 23.1 Å². The molecule has 0 N–H and O–H groups in total. The van der Waals surface area contributed by atoms with Gasteiger partial charge >= 0.3 is 0 Å². The molecule has 10 aromatic rings. The Bertz CT molecular complexity index is 2960. The van der Waals surface area contributed by atoms with E-state index in [4.69, 9.17) is 31.0 Å². The number of rotatable bonds is 5. The third-order valence-electron chi connectivity index (χ3n) is 9.83. The van der Waals surface area contributed by atoms with Crippen molar-refractivity contribution in [2.45, 2.75) is 0 Å². The summed E-state index contributed by atoms with van der Waals surface area (Å²) in [7, 11) is 0. The average molecular weight is 686 g/mol. The normalized spacial score (nSPS) is 11.6. The molecule has 8 aromatic carbocycles. The van der Waals surface area contributed by atoms with E-state index in [1.807, 2.05) is 54.6 Å². The van der Waals surface area contributed by atoms with Crippen molar-refractivity contribution in [3.05, 3.63) is 175 Å². The summed E-state index contributed by atoms with van der Waals surface area (Å²) < 4.78 is 6.32. The lowest BCUT2D eigenvalue weighted by atomic mass is 9.91. The molecule has 0 aliphatic carbocycles. The van der Waals surface area contributed by atoms with Gasteiger partial charge in [-0.15, -0.1) is 0 Å². The van der Waals surface area contributed by atoms with E-state index in [2.05, 4.69) is 115 Å². The summed E-state index contributed by atoms with van der Waals surface area (Å²) in [6.45, 7) is 0. The number of nitrogens with zero attached hydrogens (tertiary/aromatic N) is 3. The molecule has 0 amide bonds. The molecular weight excluding hydrogens is 658 g/mol. The lowest BCUT2D eigenvalue weighted by molar-refractivity contribution is 0.669. The Kier molecular flexibility index (Phi) is 7.15. The molecule has 0 spiro atoms. The highest BCUT2D eigenvalue weighted by Gasteiger charge is 2.22. The van der Waals surface area contributed by atoms with Gasteiger partial charge in [0.1, 0.15) is 5.58 Å². The van der Waals surface area contributed by atoms with Gasteiger partial charge in [0, 0.05) is 27.5 Å². The first-order valence-corrected chi connectivity index (χ1v) is 17.6. The zero-order chi connectivity index (χ0) is 34.6. The molecule has 0 aliphatic heterocycles. The van der Waals surface area contributed by atoms with Crippen molar-refractivity contribution >= 4 is 55.1 Å². The van der Waals surface area contributed by atoms with E-state index in [0.29, 0.717) is 28.1 Å². The Morgan fingerprint density at radius 2 is 0.962 bits per heavy atom. The van der Waals surface area contributed by atoms with Gasteiger partial charge in [-0.3, -0.25) is 0 Å². The van der Waals surface area contributed by atoms with Crippen LogP contribution in [0.15, 0.2) is 174 Å². The number of hydrogen-bond donors (Lipinski definition) is 0. The maximum atomic E-state index is 6.77. The fourth-order valence-corrected chi connectivity index (χ4v) is 7.56. The molecule has 52 heavy (non-hydrogen) atoms. The lowest BCUT2D eigenvalue weighted by Crippen LogP contribution is -2.02. The maximum Gasteiger partial charge on any atom is 0.165 e. The van der Waals surface area contributed by atoms with Gasteiger partial charge in [-0.1, -0.05) is 169 Å². The topological polar surface area (TPSA) is 51.8 Å². The number of furan rings is 1. The molecule has 0 bridgehead atoms. The molecular formula is C47H28ClN3O. The molecule has 4 nitrogen and oxygen atoms in total. The third-order valence-corrected chi connectivity index (χ3v) is 10.1. The second-order valence-electron chi connectivity index (χ2n) is 12.9. The predicted octanol–water partition coefficient (Wildman–Crippen LogP) is 13.1. The minimum Gasteiger partial charge on any atom is -0.454 e. The third kappa shape index (κ3) is 5.04. The zero-order valence-electron chi connectivity index (χ0n) is 27.8. The Morgan fingerprint density at radius 1 is 0.385 bits per heavy atom. The molecule has 0 fully saturated rings. The van der Waals surface area contributed by atoms with Crippen LogP contribution in [0.4, 0.5) is 0 Å². The number of hydrogen-bond acceptors (Lipinski definition) is 4. The fourth-order valence-electron chi connectivity index (χ4n) is 7.37. The van der Waals surface area contributed by atoms with E-state index in [-0.39, 0.29) is 0 Å². The largest absolute Gasteiger partial charge is 0.454 e. The Labute approximate surface area is 304 Å². The molecule has 244 valence electrons. The predicted molar refractivity (Wildman–Crippen MR) is 214 cm³/mol. The minimum atomic E-state index is 0.568. The smallest absolute Gasteiger partial charge is 0.165 e. The van der Waals surface area contributed by atoms with Gasteiger partial charge in [-0.05, 0) is 55.9 Å². The number of benzene rings is 8. The molecule has 0 saturated carbocycles. The summed E-state index contributed by atoms with van der Waals surface area (Å²) in [6, 6.07) is 58.3. The standard InChI is InChI=1S/C47H28ClN3O/c48-40-28-27-37(42-39-18-8-9-20-41(39)52-44(40)42)38-26-25-30-12-5-7-17-36(30)43(38)47-50-45(32-13-2-1-3-14-32)49-46(51-47)33-23-21-31(22-24-33)35-19-10-15-29-11-4-6-16-34(29)35/h1-28H. The summed E-state index contributed by atoms with van der Waals surface area (Å²) >= 11 is 6.77. The summed E-state index contributed by atoms with van der Waals surface area (Å²) in [6.07, 6.45) is 0. The van der Waals surface area contributed by atoms with Crippen molar-refractivity contribution in [2.75, 3.05) is 0 Å². The van der Waals surface area contributed by atoms with Crippen molar-refractivity contribution in [2.24, 2.45) is 0 Å². The summed E-state index contributed by atoms with van der Waals surface area (Å²) in [4.78, 5) is 15.5. The zero-order valence-corrected chi connectivity index (χ0v) is 28.5. The lowest BCUT2D eigenvalue weighted by Gasteiger charge is -2.16. The van der Waals surface area contributed by atoms with Crippen molar-refractivity contribution in [3.63, 3.8) is 0 Å². The maximum absolute atomic E-state index is 6.77. The number of para-hydroxylation sites is 1. The second kappa shape index (κ2) is 12.3. The molecule has 0 radical (unpaired) electrons. The SMILES string of the molecule is Clc1ccc(-c2ccc3ccccc3c2-c2nc(-c3ccccc3)nc(-c3ccc(-c4cccc5ccccc45)cc3)n2)c2c1oc1ccccc12. The Balaban J connectivity index is 1.21. The summed E-state index contributed by atoms with van der Waals surface area (Å²) in [5.74, 6) is 1.79. The van der Waals surface area contributed by atoms with Crippen LogP contribution in [0.2, 0.25) is 5.02 Å². The van der Waals surface area contributed by atoms with Gasteiger partial charge in [-0.25, -0.2) is 15.0 Å². The molecule has 0 unspecified atom stereocenters. The van der Waals surface area contributed by atoms with E-state index < -0.39 is 0 Å². The van der Waals surface area contributed by atoms with Crippen molar-refractivity contribution in [3.8, 4) is 56.4 Å². The first-order chi connectivity index (χ1) is 25.7. The highest BCUT2D eigenvalue weighted by Crippen LogP contribution is 2.45. The molecule has 2 aromatic heterocycles. The van der Waals surface area contributed by atoms with Gasteiger partial charge in [-0.2, -0.15) is 0 Å². The van der Waals surface area contributed by atoms with Crippen molar-refractivity contribution in [1.29, 1.82) is 0 Å². The molecule has 2 heterocycles. The minimum absolute atomic E-state index is 0.568. The fraction of sp³-hybridized carbons (Fsp3) is 0. The van der Waals surface area contributed by atoms with Crippen LogP contribution >= 0.6 is 11.6 Å². The van der Waals surface area contributed by atoms with Gasteiger partial charge in [0.25, 0.3) is 0 Å². The van der Waals surface area contributed by atoms with Crippen LogP contribution in [0.3, 0.4) is 0 Å². The van der Waals surface area contributed by atoms with Crippen LogP contribution < -0.4 is 0 Å². The summed E-state index contributed by atoms with van der Waals surface area (Å²) in [5, 5.41) is 7.09. The highest BCUT2D eigenvalue weighted by molar-refractivity contribution is 6.36. The molecule has 5 heteroatoms. The molecule has 10 rings (SSSR count). The molecule has 0 aliphatic rings. The van der Waals surface area contributed by atoms with Gasteiger partial charge in [0.2, 0.25) is 0 Å².